The van der Waals surface area contributed by atoms with E-state index in [-0.39, 0.29) is 29.9 Å². The standard InChI is InChI=1S/C28H40N6O2/c1-2-24(33-28(29)30)25-27(36)34(18-19-8-4-3-5-9-19)15-14-23(32-25)17-31-26(35)22-13-12-20-10-6-7-11-21(20)16-22/h6-7,10-13,16,19,23-25,32H,2-5,8-9,14-15,17-18H2,1H3,(H,31,35)(H4,29,30,33)/t23-,24?,25-/m0/s1. The van der Waals surface area contributed by atoms with Gasteiger partial charge in [-0.15, -0.1) is 0 Å². The summed E-state index contributed by atoms with van der Waals surface area (Å²) in [5.74, 6) is 0.474. The average molecular weight is 493 g/mol. The highest BCUT2D eigenvalue weighted by Gasteiger charge is 2.36. The van der Waals surface area contributed by atoms with Gasteiger partial charge in [0.2, 0.25) is 5.91 Å². The molecular weight excluding hydrogens is 452 g/mol. The average Bonchev–Trinajstić information content (AvgIpc) is 3.04. The van der Waals surface area contributed by atoms with Gasteiger partial charge in [-0.3, -0.25) is 14.9 Å². The van der Waals surface area contributed by atoms with Gasteiger partial charge in [0.15, 0.2) is 5.96 Å². The lowest BCUT2D eigenvalue weighted by Crippen LogP contribution is -2.54. The van der Waals surface area contributed by atoms with Gasteiger partial charge in [0.25, 0.3) is 5.91 Å². The first kappa shape index (κ1) is 25.9. The molecule has 4 rings (SSSR count). The van der Waals surface area contributed by atoms with Crippen LogP contribution in [0.25, 0.3) is 10.8 Å². The van der Waals surface area contributed by atoms with Crippen LogP contribution in [-0.4, -0.2) is 60.4 Å². The summed E-state index contributed by atoms with van der Waals surface area (Å²) in [4.78, 5) is 33.0. The zero-order valence-electron chi connectivity index (χ0n) is 21.3. The van der Waals surface area contributed by atoms with Crippen LogP contribution in [0.5, 0.6) is 0 Å². The maximum atomic E-state index is 13.7. The van der Waals surface area contributed by atoms with Crippen LogP contribution in [0.2, 0.25) is 0 Å². The van der Waals surface area contributed by atoms with E-state index < -0.39 is 6.04 Å². The summed E-state index contributed by atoms with van der Waals surface area (Å²) in [6.45, 7) is 3.85. The van der Waals surface area contributed by atoms with Gasteiger partial charge in [-0.2, -0.15) is 0 Å². The third-order valence-corrected chi connectivity index (χ3v) is 7.58. The molecule has 1 aliphatic carbocycles. The number of guanidine groups is 1. The Labute approximate surface area is 213 Å². The normalized spacial score (nSPS) is 22.1. The van der Waals surface area contributed by atoms with Gasteiger partial charge >= 0.3 is 0 Å². The van der Waals surface area contributed by atoms with E-state index in [0.717, 1.165) is 23.7 Å². The predicted molar refractivity (Wildman–Crippen MR) is 145 cm³/mol. The number of aliphatic imine (C=N–C) groups is 1. The molecule has 36 heavy (non-hydrogen) atoms. The fourth-order valence-corrected chi connectivity index (χ4v) is 5.57. The van der Waals surface area contributed by atoms with E-state index in [4.69, 9.17) is 11.5 Å². The van der Waals surface area contributed by atoms with Crippen LogP contribution >= 0.6 is 0 Å². The van der Waals surface area contributed by atoms with Crippen LogP contribution in [-0.2, 0) is 4.79 Å². The maximum absolute atomic E-state index is 13.7. The number of fused-ring (bicyclic) bond motifs is 1. The molecule has 2 aliphatic rings. The maximum Gasteiger partial charge on any atom is 0.251 e. The quantitative estimate of drug-likeness (QED) is 0.333. The van der Waals surface area contributed by atoms with Crippen molar-refractivity contribution in [1.82, 2.24) is 15.5 Å². The topological polar surface area (TPSA) is 126 Å². The zero-order valence-corrected chi connectivity index (χ0v) is 21.3. The lowest BCUT2D eigenvalue weighted by Gasteiger charge is -2.32. The minimum absolute atomic E-state index is 0.0133. The van der Waals surface area contributed by atoms with Crippen molar-refractivity contribution in [3.63, 3.8) is 0 Å². The van der Waals surface area contributed by atoms with E-state index in [1.807, 2.05) is 54.3 Å². The molecule has 1 aliphatic heterocycles. The molecule has 2 amide bonds. The number of rotatable bonds is 8. The molecule has 2 fully saturated rings. The van der Waals surface area contributed by atoms with E-state index in [9.17, 15) is 9.59 Å². The monoisotopic (exact) mass is 492 g/mol. The van der Waals surface area contributed by atoms with Gasteiger partial charge in [0.1, 0.15) is 6.04 Å². The number of benzene rings is 2. The third kappa shape index (κ3) is 6.55. The van der Waals surface area contributed by atoms with E-state index in [2.05, 4.69) is 15.6 Å². The predicted octanol–water partition coefficient (Wildman–Crippen LogP) is 2.76. The van der Waals surface area contributed by atoms with Crippen LogP contribution in [0.1, 0.15) is 62.2 Å². The summed E-state index contributed by atoms with van der Waals surface area (Å²) in [7, 11) is 0. The molecule has 1 unspecified atom stereocenters. The zero-order chi connectivity index (χ0) is 25.5. The molecule has 1 saturated heterocycles. The Morgan fingerprint density at radius 3 is 2.58 bits per heavy atom. The Balaban J connectivity index is 1.46. The first-order valence-corrected chi connectivity index (χ1v) is 13.3. The van der Waals surface area contributed by atoms with Crippen LogP contribution in [0.15, 0.2) is 47.5 Å². The molecule has 0 bridgehead atoms. The van der Waals surface area contributed by atoms with E-state index >= 15 is 0 Å². The molecule has 8 nitrogen and oxygen atoms in total. The highest BCUT2D eigenvalue weighted by Crippen LogP contribution is 2.26. The molecule has 1 saturated carbocycles. The second-order valence-corrected chi connectivity index (χ2v) is 10.2. The highest BCUT2D eigenvalue weighted by atomic mass is 16.2. The van der Waals surface area contributed by atoms with Crippen molar-refractivity contribution in [1.29, 1.82) is 0 Å². The van der Waals surface area contributed by atoms with Crippen molar-refractivity contribution in [3.05, 3.63) is 48.0 Å². The lowest BCUT2D eigenvalue weighted by atomic mass is 9.88. The van der Waals surface area contributed by atoms with Gasteiger partial charge in [0, 0.05) is 31.2 Å². The molecule has 6 N–H and O–H groups in total. The molecule has 0 radical (unpaired) electrons. The van der Waals surface area contributed by atoms with Crippen molar-refractivity contribution in [2.45, 2.75) is 70.0 Å². The summed E-state index contributed by atoms with van der Waals surface area (Å²) < 4.78 is 0. The number of nitrogens with one attached hydrogen (secondary N) is 2. The molecule has 8 heteroatoms. The Hall–Kier alpha value is -3.13. The molecule has 3 atom stereocenters. The molecule has 1 heterocycles. The van der Waals surface area contributed by atoms with Gasteiger partial charge in [-0.25, -0.2) is 4.99 Å². The number of nitrogens with zero attached hydrogens (tertiary/aromatic N) is 2. The molecule has 194 valence electrons. The third-order valence-electron chi connectivity index (χ3n) is 7.58. The van der Waals surface area contributed by atoms with Gasteiger partial charge in [0.05, 0.1) is 6.04 Å². The Kier molecular flexibility index (Phi) is 8.80. The number of nitrogens with two attached hydrogens (primary N) is 2. The summed E-state index contributed by atoms with van der Waals surface area (Å²) >= 11 is 0. The number of hydrogen-bond acceptors (Lipinski definition) is 4. The van der Waals surface area contributed by atoms with E-state index in [1.54, 1.807) is 0 Å². The van der Waals surface area contributed by atoms with Gasteiger partial charge in [-0.1, -0.05) is 56.5 Å². The Morgan fingerprint density at radius 1 is 1.11 bits per heavy atom. The van der Waals surface area contributed by atoms with Crippen molar-refractivity contribution < 1.29 is 9.59 Å². The first-order valence-electron chi connectivity index (χ1n) is 13.3. The number of hydrogen-bond donors (Lipinski definition) is 4. The molecule has 2 aromatic carbocycles. The molecule has 2 aromatic rings. The van der Waals surface area contributed by atoms with Crippen LogP contribution in [0, 0.1) is 5.92 Å². The van der Waals surface area contributed by atoms with Crippen LogP contribution in [0.3, 0.4) is 0 Å². The molecular formula is C28H40N6O2. The second kappa shape index (κ2) is 12.2. The molecule has 0 aromatic heterocycles. The fourth-order valence-electron chi connectivity index (χ4n) is 5.57. The van der Waals surface area contributed by atoms with Crippen LogP contribution in [0.4, 0.5) is 0 Å². The van der Waals surface area contributed by atoms with Gasteiger partial charge in [-0.05, 0) is 54.5 Å². The highest BCUT2D eigenvalue weighted by molar-refractivity contribution is 5.98. The van der Waals surface area contributed by atoms with E-state index in [0.29, 0.717) is 31.0 Å². The molecule has 0 spiro atoms. The van der Waals surface area contributed by atoms with Crippen LogP contribution < -0.4 is 22.1 Å². The van der Waals surface area contributed by atoms with Crippen molar-refractivity contribution >= 4 is 28.5 Å². The smallest absolute Gasteiger partial charge is 0.251 e. The van der Waals surface area contributed by atoms with Gasteiger partial charge < -0.3 is 21.7 Å². The Bertz CT molecular complexity index is 1080. The first-order chi connectivity index (χ1) is 17.4. The number of amides is 2. The second-order valence-electron chi connectivity index (χ2n) is 10.2. The number of carbonyl (C=O) groups excluding carboxylic acids is 2. The minimum Gasteiger partial charge on any atom is -0.370 e. The summed E-state index contributed by atoms with van der Waals surface area (Å²) in [5, 5.41) is 8.71. The fraction of sp³-hybridized carbons (Fsp3) is 0.536. The largest absolute Gasteiger partial charge is 0.370 e. The van der Waals surface area contributed by atoms with Crippen molar-refractivity contribution in [2.75, 3.05) is 19.6 Å². The van der Waals surface area contributed by atoms with Crippen molar-refractivity contribution in [3.8, 4) is 0 Å². The summed E-state index contributed by atoms with van der Waals surface area (Å²) in [5.41, 5.74) is 12.0. The summed E-state index contributed by atoms with van der Waals surface area (Å²) in [6.07, 6.45) is 7.51. The SMILES string of the molecule is CCC(N=C(N)N)[C@@H]1N[C@H](CNC(=O)c2ccc3ccccc3c2)CCN(CC2CCCCC2)C1=O. The minimum atomic E-state index is -0.522. The number of carbonyl (C=O) groups is 2. The van der Waals surface area contributed by atoms with Crippen molar-refractivity contribution in [2.24, 2.45) is 22.4 Å². The van der Waals surface area contributed by atoms with E-state index in [1.165, 1.54) is 32.1 Å². The Morgan fingerprint density at radius 2 is 1.86 bits per heavy atom. The summed E-state index contributed by atoms with van der Waals surface area (Å²) in [6, 6.07) is 12.8. The lowest BCUT2D eigenvalue weighted by molar-refractivity contribution is -0.134.